The highest BCUT2D eigenvalue weighted by Crippen LogP contribution is 2.63. The average molecular weight is 196 g/mol. The minimum absolute atomic E-state index is 0.421. The van der Waals surface area contributed by atoms with Crippen LogP contribution in [0.25, 0.3) is 0 Å². The molecular weight excluding hydrogens is 182 g/mol. The van der Waals surface area contributed by atoms with Crippen molar-refractivity contribution in [2.75, 3.05) is 0 Å². The summed E-state index contributed by atoms with van der Waals surface area (Å²) in [6.07, 6.45) is 1.47. The smallest absolute Gasteiger partial charge is 0.206 e. The van der Waals surface area contributed by atoms with E-state index in [0.29, 0.717) is 6.42 Å². The number of alkyl halides is 2. The second-order valence-corrected chi connectivity index (χ2v) is 3.96. The van der Waals surface area contributed by atoms with Crippen LogP contribution in [0.4, 0.5) is 8.78 Å². The van der Waals surface area contributed by atoms with Crippen LogP contribution in [-0.4, -0.2) is 5.92 Å². The van der Waals surface area contributed by atoms with Gasteiger partial charge in [-0.05, 0) is 12.0 Å². The molecular formula is C12H14F2. The van der Waals surface area contributed by atoms with Gasteiger partial charge < -0.3 is 0 Å². The van der Waals surface area contributed by atoms with Crippen LogP contribution in [0.5, 0.6) is 0 Å². The maximum Gasteiger partial charge on any atom is 0.258 e. The topological polar surface area (TPSA) is 0 Å². The molecule has 1 aliphatic rings. The van der Waals surface area contributed by atoms with E-state index in [4.69, 9.17) is 0 Å². The van der Waals surface area contributed by atoms with Crippen molar-refractivity contribution in [3.8, 4) is 0 Å². The van der Waals surface area contributed by atoms with E-state index in [0.717, 1.165) is 12.0 Å². The van der Waals surface area contributed by atoms with E-state index in [9.17, 15) is 8.78 Å². The highest BCUT2D eigenvalue weighted by Gasteiger charge is 2.67. The average Bonchev–Trinajstić information content (AvgIpc) is 2.71. The monoisotopic (exact) mass is 196 g/mol. The van der Waals surface area contributed by atoms with Crippen LogP contribution in [0.2, 0.25) is 0 Å². The summed E-state index contributed by atoms with van der Waals surface area (Å²) in [5.41, 5.74) is 0.788. The lowest BCUT2D eigenvalue weighted by atomic mass is 10.1. The number of rotatable bonds is 3. The van der Waals surface area contributed by atoms with Gasteiger partial charge in [-0.15, -0.1) is 0 Å². The Morgan fingerprint density at radius 3 is 2.43 bits per heavy atom. The minimum atomic E-state index is -2.46. The standard InChI is InChI=1S/C12H14F2/c1-2-6-10-11(12(10,13)14)9-7-4-3-5-8-9/h3-5,7-8,10-11H,2,6H2,1H3/t10-,11-/m0/s1. The summed E-state index contributed by atoms with van der Waals surface area (Å²) in [5, 5.41) is 0. The van der Waals surface area contributed by atoms with Crippen molar-refractivity contribution in [3.63, 3.8) is 0 Å². The summed E-state index contributed by atoms with van der Waals surface area (Å²) in [7, 11) is 0. The fraction of sp³-hybridized carbons (Fsp3) is 0.500. The first-order valence-electron chi connectivity index (χ1n) is 5.10. The van der Waals surface area contributed by atoms with Crippen LogP contribution in [0.3, 0.4) is 0 Å². The minimum Gasteiger partial charge on any atom is -0.206 e. The van der Waals surface area contributed by atoms with E-state index >= 15 is 0 Å². The van der Waals surface area contributed by atoms with Gasteiger partial charge in [0.1, 0.15) is 0 Å². The highest BCUT2D eigenvalue weighted by molar-refractivity contribution is 5.31. The summed E-state index contributed by atoms with van der Waals surface area (Å²) >= 11 is 0. The first-order chi connectivity index (χ1) is 6.68. The fourth-order valence-electron chi connectivity index (χ4n) is 2.18. The molecule has 0 N–H and O–H groups in total. The summed E-state index contributed by atoms with van der Waals surface area (Å²) in [6, 6.07) is 9.11. The Kier molecular flexibility index (Phi) is 2.30. The Morgan fingerprint density at radius 1 is 1.21 bits per heavy atom. The molecule has 0 aromatic heterocycles. The van der Waals surface area contributed by atoms with E-state index < -0.39 is 17.8 Å². The summed E-state index contributed by atoms with van der Waals surface area (Å²) in [4.78, 5) is 0. The van der Waals surface area contributed by atoms with E-state index in [1.807, 2.05) is 25.1 Å². The number of hydrogen-bond acceptors (Lipinski definition) is 0. The molecule has 76 valence electrons. The van der Waals surface area contributed by atoms with E-state index in [2.05, 4.69) is 0 Å². The second-order valence-electron chi connectivity index (χ2n) is 3.96. The van der Waals surface area contributed by atoms with Gasteiger partial charge in [0.2, 0.25) is 0 Å². The molecule has 0 radical (unpaired) electrons. The molecule has 1 saturated carbocycles. The van der Waals surface area contributed by atoms with Crippen molar-refractivity contribution in [2.45, 2.75) is 31.6 Å². The van der Waals surface area contributed by atoms with Gasteiger partial charge in [-0.2, -0.15) is 0 Å². The summed E-state index contributed by atoms with van der Waals surface area (Å²) < 4.78 is 26.7. The highest BCUT2D eigenvalue weighted by atomic mass is 19.3. The van der Waals surface area contributed by atoms with Crippen molar-refractivity contribution in [2.24, 2.45) is 5.92 Å². The van der Waals surface area contributed by atoms with E-state index in [-0.39, 0.29) is 0 Å². The third kappa shape index (κ3) is 1.43. The van der Waals surface area contributed by atoms with Crippen LogP contribution in [0, 0.1) is 5.92 Å². The number of halogens is 2. The number of hydrogen-bond donors (Lipinski definition) is 0. The molecule has 0 aliphatic heterocycles. The molecule has 1 aromatic carbocycles. The molecule has 1 aliphatic carbocycles. The lowest BCUT2D eigenvalue weighted by molar-refractivity contribution is 0.0915. The third-order valence-corrected chi connectivity index (χ3v) is 2.96. The Labute approximate surface area is 82.9 Å². The first-order valence-corrected chi connectivity index (χ1v) is 5.10. The third-order valence-electron chi connectivity index (χ3n) is 2.96. The quantitative estimate of drug-likeness (QED) is 0.689. The molecule has 0 bridgehead atoms. The van der Waals surface area contributed by atoms with Gasteiger partial charge in [-0.3, -0.25) is 0 Å². The van der Waals surface area contributed by atoms with Gasteiger partial charge in [0, 0.05) is 5.92 Å². The van der Waals surface area contributed by atoms with E-state index in [1.165, 1.54) is 0 Å². The maximum atomic E-state index is 13.3. The molecule has 0 spiro atoms. The largest absolute Gasteiger partial charge is 0.258 e. The Morgan fingerprint density at radius 2 is 1.86 bits per heavy atom. The fourth-order valence-corrected chi connectivity index (χ4v) is 2.18. The molecule has 0 saturated heterocycles. The Bertz CT molecular complexity index is 305. The second kappa shape index (κ2) is 3.34. The molecule has 0 heterocycles. The molecule has 1 aromatic rings. The van der Waals surface area contributed by atoms with Gasteiger partial charge in [0.25, 0.3) is 5.92 Å². The van der Waals surface area contributed by atoms with Gasteiger partial charge >= 0.3 is 0 Å². The maximum absolute atomic E-state index is 13.3. The van der Waals surface area contributed by atoms with Crippen LogP contribution in [-0.2, 0) is 0 Å². The zero-order valence-corrected chi connectivity index (χ0v) is 8.21. The Balaban J connectivity index is 2.15. The molecule has 1 fully saturated rings. The van der Waals surface area contributed by atoms with Crippen molar-refractivity contribution < 1.29 is 8.78 Å². The van der Waals surface area contributed by atoms with Crippen LogP contribution >= 0.6 is 0 Å². The lowest BCUT2D eigenvalue weighted by Gasteiger charge is -1.96. The normalized spacial score (nSPS) is 28.8. The van der Waals surface area contributed by atoms with E-state index in [1.54, 1.807) is 12.1 Å². The van der Waals surface area contributed by atoms with Gasteiger partial charge in [-0.1, -0.05) is 43.7 Å². The molecule has 0 amide bonds. The van der Waals surface area contributed by atoms with Gasteiger partial charge in [0.05, 0.1) is 5.92 Å². The van der Waals surface area contributed by atoms with Crippen molar-refractivity contribution in [1.82, 2.24) is 0 Å². The lowest BCUT2D eigenvalue weighted by Crippen LogP contribution is -1.94. The molecule has 0 nitrogen and oxygen atoms in total. The van der Waals surface area contributed by atoms with Crippen molar-refractivity contribution in [3.05, 3.63) is 35.9 Å². The van der Waals surface area contributed by atoms with Crippen molar-refractivity contribution >= 4 is 0 Å². The molecule has 0 unspecified atom stereocenters. The van der Waals surface area contributed by atoms with Crippen LogP contribution in [0.15, 0.2) is 30.3 Å². The molecule has 2 atom stereocenters. The summed E-state index contributed by atoms with van der Waals surface area (Å²) in [5.74, 6) is -3.41. The Hall–Kier alpha value is -0.920. The zero-order valence-electron chi connectivity index (χ0n) is 8.21. The van der Waals surface area contributed by atoms with Crippen LogP contribution in [0.1, 0.15) is 31.2 Å². The zero-order chi connectivity index (χ0) is 10.2. The molecule has 14 heavy (non-hydrogen) atoms. The van der Waals surface area contributed by atoms with Gasteiger partial charge in [0.15, 0.2) is 0 Å². The van der Waals surface area contributed by atoms with Gasteiger partial charge in [-0.25, -0.2) is 8.78 Å². The molecule has 2 heteroatoms. The SMILES string of the molecule is CCC[C@H]1[C@H](c2ccccc2)C1(F)F. The summed E-state index contributed by atoms with van der Waals surface area (Å²) in [6.45, 7) is 1.95. The first kappa shape index (κ1) is 9.63. The molecule has 2 rings (SSSR count). The van der Waals surface area contributed by atoms with Crippen molar-refractivity contribution in [1.29, 1.82) is 0 Å². The predicted molar refractivity (Wildman–Crippen MR) is 52.5 cm³/mol. The number of benzene rings is 1. The predicted octanol–water partition coefficient (Wildman–Crippen LogP) is 3.84. The van der Waals surface area contributed by atoms with Crippen LogP contribution < -0.4 is 0 Å².